The van der Waals surface area contributed by atoms with Crippen molar-refractivity contribution in [2.45, 2.75) is 25.6 Å². The van der Waals surface area contributed by atoms with Crippen LogP contribution in [0.1, 0.15) is 26.3 Å². The maximum atomic E-state index is 6.54. The molecule has 0 aliphatic rings. The molecule has 1 unspecified atom stereocenters. The lowest BCUT2D eigenvalue weighted by Crippen LogP contribution is -1.98. The first-order valence-corrected chi connectivity index (χ1v) is 7.20. The fourth-order valence-corrected chi connectivity index (χ4v) is 3.61. The van der Waals surface area contributed by atoms with E-state index in [1.54, 1.807) is 18.4 Å². The highest BCUT2D eigenvalue weighted by Crippen LogP contribution is 2.35. The highest BCUT2D eigenvalue weighted by atomic mass is 35.5. The van der Waals surface area contributed by atoms with Gasteiger partial charge in [-0.1, -0.05) is 18.2 Å². The van der Waals surface area contributed by atoms with Crippen LogP contribution in [0.15, 0.2) is 30.3 Å². The number of alkyl halides is 1. The van der Waals surface area contributed by atoms with Crippen LogP contribution in [0.3, 0.4) is 0 Å². The van der Waals surface area contributed by atoms with Crippen molar-refractivity contribution in [1.29, 1.82) is 0 Å². The van der Waals surface area contributed by atoms with E-state index in [2.05, 4.69) is 26.0 Å². The standard InChI is InChI=1S/C15H17ClOS/c1-10-8-11(2)18-15(10)13(16)9-12-6-4-5-7-14(12)17-3/h4-8,13H,9H2,1-3H3. The molecule has 0 spiro atoms. The van der Waals surface area contributed by atoms with E-state index in [1.165, 1.54) is 15.3 Å². The van der Waals surface area contributed by atoms with Crippen molar-refractivity contribution in [1.82, 2.24) is 0 Å². The number of aryl methyl sites for hydroxylation is 2. The molecule has 0 amide bonds. The second-order valence-electron chi connectivity index (χ2n) is 4.39. The van der Waals surface area contributed by atoms with Gasteiger partial charge in [-0.2, -0.15) is 0 Å². The molecule has 1 aromatic heterocycles. The average Bonchev–Trinajstić information content (AvgIpc) is 2.69. The molecule has 2 rings (SSSR count). The van der Waals surface area contributed by atoms with Crippen molar-refractivity contribution in [2.75, 3.05) is 7.11 Å². The van der Waals surface area contributed by atoms with Gasteiger partial charge in [0.25, 0.3) is 0 Å². The quantitative estimate of drug-likeness (QED) is 0.724. The number of benzene rings is 1. The molecule has 0 saturated carbocycles. The molecule has 18 heavy (non-hydrogen) atoms. The topological polar surface area (TPSA) is 9.23 Å². The van der Waals surface area contributed by atoms with E-state index < -0.39 is 0 Å². The summed E-state index contributed by atoms with van der Waals surface area (Å²) in [6.07, 6.45) is 0.798. The summed E-state index contributed by atoms with van der Waals surface area (Å²) in [6.45, 7) is 4.24. The molecule has 1 atom stereocenters. The van der Waals surface area contributed by atoms with Crippen LogP contribution in [0.4, 0.5) is 0 Å². The predicted molar refractivity (Wildman–Crippen MR) is 79.1 cm³/mol. The molecule has 2 aromatic rings. The fraction of sp³-hybridized carbons (Fsp3) is 0.333. The molecule has 0 bridgehead atoms. The van der Waals surface area contributed by atoms with Crippen molar-refractivity contribution in [3.63, 3.8) is 0 Å². The zero-order valence-corrected chi connectivity index (χ0v) is 12.4. The number of para-hydroxylation sites is 1. The highest BCUT2D eigenvalue weighted by Gasteiger charge is 2.16. The van der Waals surface area contributed by atoms with Crippen LogP contribution in [-0.4, -0.2) is 7.11 Å². The first-order chi connectivity index (χ1) is 8.61. The number of hydrogen-bond donors (Lipinski definition) is 0. The molecule has 1 heterocycles. The Morgan fingerprint density at radius 1 is 1.28 bits per heavy atom. The number of rotatable bonds is 4. The van der Waals surface area contributed by atoms with Gasteiger partial charge in [0.1, 0.15) is 5.75 Å². The first-order valence-electron chi connectivity index (χ1n) is 5.94. The Labute approximate surface area is 117 Å². The van der Waals surface area contributed by atoms with Gasteiger partial charge in [0.05, 0.1) is 12.5 Å². The molecule has 0 fully saturated rings. The summed E-state index contributed by atoms with van der Waals surface area (Å²) in [5, 5.41) is 0.0139. The molecule has 3 heteroatoms. The summed E-state index contributed by atoms with van der Waals surface area (Å²) in [4.78, 5) is 2.58. The van der Waals surface area contributed by atoms with Crippen LogP contribution in [0, 0.1) is 13.8 Å². The van der Waals surface area contributed by atoms with Gasteiger partial charge in [0.15, 0.2) is 0 Å². The minimum Gasteiger partial charge on any atom is -0.496 e. The Morgan fingerprint density at radius 2 is 2.00 bits per heavy atom. The van der Waals surface area contributed by atoms with Gasteiger partial charge in [0.2, 0.25) is 0 Å². The molecule has 96 valence electrons. The smallest absolute Gasteiger partial charge is 0.122 e. The Morgan fingerprint density at radius 3 is 2.61 bits per heavy atom. The maximum Gasteiger partial charge on any atom is 0.122 e. The molecular weight excluding hydrogens is 264 g/mol. The van der Waals surface area contributed by atoms with Crippen molar-refractivity contribution in [3.05, 3.63) is 51.2 Å². The zero-order chi connectivity index (χ0) is 13.1. The lowest BCUT2D eigenvalue weighted by molar-refractivity contribution is 0.409. The van der Waals surface area contributed by atoms with Gasteiger partial charge >= 0.3 is 0 Å². The van der Waals surface area contributed by atoms with Gasteiger partial charge in [-0.05, 0) is 43.5 Å². The Kier molecular flexibility index (Phi) is 4.31. The summed E-state index contributed by atoms with van der Waals surface area (Å²) >= 11 is 8.33. The van der Waals surface area contributed by atoms with Crippen LogP contribution in [-0.2, 0) is 6.42 Å². The molecule has 0 radical (unpaired) electrons. The van der Waals surface area contributed by atoms with E-state index in [4.69, 9.17) is 16.3 Å². The average molecular weight is 281 g/mol. The second kappa shape index (κ2) is 5.77. The molecule has 0 aliphatic heterocycles. The van der Waals surface area contributed by atoms with Gasteiger partial charge in [-0.3, -0.25) is 0 Å². The molecule has 0 saturated heterocycles. The summed E-state index contributed by atoms with van der Waals surface area (Å²) in [6, 6.07) is 10.2. The Bertz CT molecular complexity index is 533. The Hall–Kier alpha value is -0.990. The molecule has 0 aliphatic carbocycles. The minimum absolute atomic E-state index is 0.0139. The fourth-order valence-electron chi connectivity index (χ4n) is 2.13. The van der Waals surface area contributed by atoms with E-state index in [-0.39, 0.29) is 5.38 Å². The first kappa shape index (κ1) is 13.4. The monoisotopic (exact) mass is 280 g/mol. The number of methoxy groups -OCH3 is 1. The van der Waals surface area contributed by atoms with Gasteiger partial charge < -0.3 is 4.74 Å². The van der Waals surface area contributed by atoms with Crippen molar-refractivity contribution in [3.8, 4) is 5.75 Å². The predicted octanol–water partition coefficient (Wildman–Crippen LogP) is 4.90. The molecular formula is C15H17ClOS. The van der Waals surface area contributed by atoms with Crippen LogP contribution in [0.5, 0.6) is 5.75 Å². The summed E-state index contributed by atoms with van der Waals surface area (Å²) < 4.78 is 5.36. The minimum atomic E-state index is 0.0139. The second-order valence-corrected chi connectivity index (χ2v) is 6.20. The molecule has 1 nitrogen and oxygen atoms in total. The van der Waals surface area contributed by atoms with E-state index >= 15 is 0 Å². The molecule has 1 aromatic carbocycles. The van der Waals surface area contributed by atoms with Crippen LogP contribution >= 0.6 is 22.9 Å². The van der Waals surface area contributed by atoms with Gasteiger partial charge in [-0.15, -0.1) is 22.9 Å². The third-order valence-electron chi connectivity index (χ3n) is 2.96. The summed E-state index contributed by atoms with van der Waals surface area (Å²) in [5.41, 5.74) is 2.44. The summed E-state index contributed by atoms with van der Waals surface area (Å²) in [5.74, 6) is 0.911. The summed E-state index contributed by atoms with van der Waals surface area (Å²) in [7, 11) is 1.70. The number of halogens is 1. The van der Waals surface area contributed by atoms with Crippen molar-refractivity contribution < 1.29 is 4.74 Å². The van der Waals surface area contributed by atoms with Crippen molar-refractivity contribution >= 4 is 22.9 Å². The SMILES string of the molecule is COc1ccccc1CC(Cl)c1sc(C)cc1C. The van der Waals surface area contributed by atoms with E-state index in [1.807, 2.05) is 18.2 Å². The van der Waals surface area contributed by atoms with E-state index in [0.717, 1.165) is 17.7 Å². The van der Waals surface area contributed by atoms with Crippen molar-refractivity contribution in [2.24, 2.45) is 0 Å². The van der Waals surface area contributed by atoms with Gasteiger partial charge in [0, 0.05) is 9.75 Å². The third-order valence-corrected chi connectivity index (χ3v) is 4.72. The number of ether oxygens (including phenoxy) is 1. The van der Waals surface area contributed by atoms with Crippen LogP contribution < -0.4 is 4.74 Å². The zero-order valence-electron chi connectivity index (χ0n) is 10.9. The van der Waals surface area contributed by atoms with Gasteiger partial charge in [-0.25, -0.2) is 0 Å². The van der Waals surface area contributed by atoms with Crippen LogP contribution in [0.2, 0.25) is 0 Å². The number of hydrogen-bond acceptors (Lipinski definition) is 2. The lowest BCUT2D eigenvalue weighted by atomic mass is 10.1. The Balaban J connectivity index is 2.21. The normalized spacial score (nSPS) is 12.4. The largest absolute Gasteiger partial charge is 0.496 e. The van der Waals surface area contributed by atoms with Crippen LogP contribution in [0.25, 0.3) is 0 Å². The molecule has 0 N–H and O–H groups in total. The van der Waals surface area contributed by atoms with E-state index in [0.29, 0.717) is 0 Å². The third kappa shape index (κ3) is 2.88. The highest BCUT2D eigenvalue weighted by molar-refractivity contribution is 7.12. The maximum absolute atomic E-state index is 6.54. The van der Waals surface area contributed by atoms with E-state index in [9.17, 15) is 0 Å². The number of thiophene rings is 1. The lowest BCUT2D eigenvalue weighted by Gasteiger charge is -2.12.